The number of nitrogens with one attached hydrogen (secondary N) is 1. The molecule has 4 heteroatoms. The molecule has 3 nitrogen and oxygen atoms in total. The van der Waals surface area contributed by atoms with Gasteiger partial charge in [0, 0.05) is 33.9 Å². The highest BCUT2D eigenvalue weighted by Gasteiger charge is 2.18. The third kappa shape index (κ3) is 5.25. The van der Waals surface area contributed by atoms with Gasteiger partial charge in [0.05, 0.1) is 7.11 Å². The Bertz CT molecular complexity index is 434. The van der Waals surface area contributed by atoms with Crippen LogP contribution in [0.5, 0.6) is 5.75 Å². The first-order valence-electron chi connectivity index (χ1n) is 7.35. The third-order valence-electron chi connectivity index (χ3n) is 3.19. The molecule has 0 aliphatic heterocycles. The maximum Gasteiger partial charge on any atom is 0.123 e. The molecule has 0 spiro atoms. The van der Waals surface area contributed by atoms with Gasteiger partial charge in [-0.25, -0.2) is 0 Å². The van der Waals surface area contributed by atoms with Gasteiger partial charge in [-0.15, -0.1) is 0 Å². The zero-order valence-electron chi connectivity index (χ0n) is 13.1. The van der Waals surface area contributed by atoms with E-state index in [-0.39, 0.29) is 6.04 Å². The molecule has 2 atom stereocenters. The Hall–Kier alpha value is -0.870. The largest absolute Gasteiger partial charge is 0.496 e. The lowest BCUT2D eigenvalue weighted by atomic mass is 10.0. The van der Waals surface area contributed by atoms with Crippen LogP contribution in [0, 0.1) is 6.92 Å². The Morgan fingerprint density at radius 1 is 1.30 bits per heavy atom. The lowest BCUT2D eigenvalue weighted by Gasteiger charge is -2.21. The van der Waals surface area contributed by atoms with E-state index in [0.717, 1.165) is 36.5 Å². The van der Waals surface area contributed by atoms with Crippen LogP contribution in [0.1, 0.15) is 43.9 Å². The Morgan fingerprint density at radius 2 is 2.05 bits per heavy atom. The molecule has 20 heavy (non-hydrogen) atoms. The molecule has 0 bridgehead atoms. The molecule has 114 valence electrons. The number of aryl methyl sites for hydroxylation is 1. The number of rotatable bonds is 9. The highest BCUT2D eigenvalue weighted by Crippen LogP contribution is 2.27. The zero-order valence-corrected chi connectivity index (χ0v) is 13.9. The van der Waals surface area contributed by atoms with E-state index in [2.05, 4.69) is 32.2 Å². The fourth-order valence-electron chi connectivity index (χ4n) is 2.20. The summed E-state index contributed by atoms with van der Waals surface area (Å²) >= 11 is 0. The van der Waals surface area contributed by atoms with Crippen LogP contribution in [-0.2, 0) is 10.8 Å². The summed E-state index contributed by atoms with van der Waals surface area (Å²) in [6.45, 7) is 7.20. The molecule has 0 amide bonds. The Balaban J connectivity index is 2.96. The monoisotopic (exact) mass is 297 g/mol. The van der Waals surface area contributed by atoms with Gasteiger partial charge in [0.1, 0.15) is 5.75 Å². The van der Waals surface area contributed by atoms with Gasteiger partial charge in [-0.1, -0.05) is 31.5 Å². The van der Waals surface area contributed by atoms with E-state index in [4.69, 9.17) is 4.74 Å². The van der Waals surface area contributed by atoms with Crippen molar-refractivity contribution in [2.45, 2.75) is 39.7 Å². The van der Waals surface area contributed by atoms with Gasteiger partial charge in [0.2, 0.25) is 0 Å². The van der Waals surface area contributed by atoms with E-state index in [9.17, 15) is 4.21 Å². The van der Waals surface area contributed by atoms with Crippen molar-refractivity contribution >= 4 is 10.8 Å². The minimum absolute atomic E-state index is 0.0946. The van der Waals surface area contributed by atoms with Crippen LogP contribution in [0.2, 0.25) is 0 Å². The summed E-state index contributed by atoms with van der Waals surface area (Å²) < 4.78 is 17.6. The van der Waals surface area contributed by atoms with E-state index in [0.29, 0.717) is 5.75 Å². The normalized spacial score (nSPS) is 14.0. The molecule has 1 aromatic carbocycles. The molecule has 0 aliphatic carbocycles. The highest BCUT2D eigenvalue weighted by atomic mass is 32.2. The highest BCUT2D eigenvalue weighted by molar-refractivity contribution is 7.85. The Kier molecular flexibility index (Phi) is 7.85. The predicted octanol–water partition coefficient (Wildman–Crippen LogP) is 3.20. The van der Waals surface area contributed by atoms with Gasteiger partial charge >= 0.3 is 0 Å². The minimum atomic E-state index is -0.789. The van der Waals surface area contributed by atoms with Crippen molar-refractivity contribution in [3.05, 3.63) is 29.3 Å². The molecule has 2 unspecified atom stereocenters. The molecular formula is C16H27NO2S. The second-order valence-corrected chi connectivity index (χ2v) is 6.68. The number of ether oxygens (including phenoxy) is 1. The second-order valence-electron chi connectivity index (χ2n) is 5.06. The van der Waals surface area contributed by atoms with Crippen molar-refractivity contribution in [1.29, 1.82) is 0 Å². The Labute approximate surface area is 125 Å². The van der Waals surface area contributed by atoms with Gasteiger partial charge in [0.25, 0.3) is 0 Å². The summed E-state index contributed by atoms with van der Waals surface area (Å²) in [4.78, 5) is 0. The number of methoxy groups -OCH3 is 1. The topological polar surface area (TPSA) is 38.3 Å². The maximum absolute atomic E-state index is 12.1. The van der Waals surface area contributed by atoms with Crippen molar-refractivity contribution in [1.82, 2.24) is 5.32 Å². The average Bonchev–Trinajstić information content (AvgIpc) is 2.43. The van der Waals surface area contributed by atoms with E-state index in [1.807, 2.05) is 12.1 Å². The van der Waals surface area contributed by atoms with Crippen LogP contribution in [0.25, 0.3) is 0 Å². The molecule has 1 rings (SSSR count). The van der Waals surface area contributed by atoms with Crippen molar-refractivity contribution in [3.8, 4) is 5.75 Å². The molecule has 1 aromatic rings. The summed E-state index contributed by atoms with van der Waals surface area (Å²) in [6, 6.07) is 6.27. The second kappa shape index (κ2) is 9.14. The minimum Gasteiger partial charge on any atom is -0.496 e. The first kappa shape index (κ1) is 17.2. The van der Waals surface area contributed by atoms with Crippen LogP contribution in [0.15, 0.2) is 18.2 Å². The lowest BCUT2D eigenvalue weighted by Crippen LogP contribution is -2.28. The van der Waals surface area contributed by atoms with Crippen LogP contribution < -0.4 is 10.1 Å². The summed E-state index contributed by atoms with van der Waals surface area (Å²) in [5, 5.41) is 3.50. The van der Waals surface area contributed by atoms with Crippen molar-refractivity contribution in [2.24, 2.45) is 0 Å². The van der Waals surface area contributed by atoms with Crippen LogP contribution >= 0.6 is 0 Å². The first-order chi connectivity index (χ1) is 9.62. The van der Waals surface area contributed by atoms with Gasteiger partial charge in [-0.3, -0.25) is 4.21 Å². The number of benzene rings is 1. The van der Waals surface area contributed by atoms with Crippen molar-refractivity contribution < 1.29 is 8.95 Å². The molecule has 0 heterocycles. The molecule has 0 fully saturated rings. The predicted molar refractivity (Wildman–Crippen MR) is 86.9 cm³/mol. The SMILES string of the molecule is CCCNC(CS(=O)CCC)c1cc(C)ccc1OC. The fraction of sp³-hybridized carbons (Fsp3) is 0.625. The third-order valence-corrected chi connectivity index (χ3v) is 4.75. The molecule has 0 aromatic heterocycles. The average molecular weight is 297 g/mol. The van der Waals surface area contributed by atoms with Crippen LogP contribution in [0.4, 0.5) is 0 Å². The van der Waals surface area contributed by atoms with E-state index in [1.165, 1.54) is 5.56 Å². The van der Waals surface area contributed by atoms with E-state index in [1.54, 1.807) is 7.11 Å². The maximum atomic E-state index is 12.1. The first-order valence-corrected chi connectivity index (χ1v) is 8.84. The number of hydrogen-bond acceptors (Lipinski definition) is 3. The molecule has 1 N–H and O–H groups in total. The van der Waals surface area contributed by atoms with Crippen molar-refractivity contribution in [3.63, 3.8) is 0 Å². The summed E-state index contributed by atoms with van der Waals surface area (Å²) in [6.07, 6.45) is 2.02. The van der Waals surface area contributed by atoms with Gasteiger partial charge in [-0.2, -0.15) is 0 Å². The quantitative estimate of drug-likeness (QED) is 0.760. The van der Waals surface area contributed by atoms with Gasteiger partial charge in [0.15, 0.2) is 0 Å². The van der Waals surface area contributed by atoms with Crippen LogP contribution in [0.3, 0.4) is 0 Å². The van der Waals surface area contributed by atoms with Crippen LogP contribution in [-0.4, -0.2) is 29.4 Å². The van der Waals surface area contributed by atoms with E-state index < -0.39 is 10.8 Å². The Morgan fingerprint density at radius 3 is 2.65 bits per heavy atom. The van der Waals surface area contributed by atoms with Gasteiger partial charge < -0.3 is 10.1 Å². The zero-order chi connectivity index (χ0) is 15.0. The smallest absolute Gasteiger partial charge is 0.123 e. The summed E-state index contributed by atoms with van der Waals surface area (Å²) in [5.74, 6) is 2.28. The van der Waals surface area contributed by atoms with Crippen molar-refractivity contribution in [2.75, 3.05) is 25.2 Å². The fourth-order valence-corrected chi connectivity index (χ4v) is 3.49. The standard InChI is InChI=1S/C16H27NO2S/c1-5-9-17-15(12-20(18)10-6-2)14-11-13(3)7-8-16(14)19-4/h7-8,11,15,17H,5-6,9-10,12H2,1-4H3. The molecule has 0 saturated carbocycles. The molecule has 0 radical (unpaired) electrons. The number of hydrogen-bond donors (Lipinski definition) is 1. The molecule has 0 aliphatic rings. The van der Waals surface area contributed by atoms with Gasteiger partial charge in [-0.05, 0) is 32.4 Å². The van der Waals surface area contributed by atoms with E-state index >= 15 is 0 Å². The molecular weight excluding hydrogens is 270 g/mol. The lowest BCUT2D eigenvalue weighted by molar-refractivity contribution is 0.402. The molecule has 0 saturated heterocycles. The summed E-state index contributed by atoms with van der Waals surface area (Å²) in [5.41, 5.74) is 2.32. The summed E-state index contributed by atoms with van der Waals surface area (Å²) in [7, 11) is 0.900.